The molecule has 0 unspecified atom stereocenters. The van der Waals surface area contributed by atoms with Crippen LogP contribution in [-0.2, 0) is 32.4 Å². The van der Waals surface area contributed by atoms with E-state index in [4.69, 9.17) is 14.5 Å². The summed E-state index contributed by atoms with van der Waals surface area (Å²) in [5.41, 5.74) is 3.60. The molecule has 1 aromatic heterocycles. The van der Waals surface area contributed by atoms with E-state index in [2.05, 4.69) is 35.1 Å². The normalized spacial score (nSPS) is 18.6. The molecule has 0 saturated heterocycles. The first-order valence-electron chi connectivity index (χ1n) is 9.35. The molecule has 2 aromatic rings. The number of aromatic nitrogens is 2. The summed E-state index contributed by atoms with van der Waals surface area (Å²) in [6.07, 6.45) is 8.08. The molecule has 0 bridgehead atoms. The fraction of sp³-hybridized carbons (Fsp3) is 0.550. The van der Waals surface area contributed by atoms with E-state index in [1.807, 2.05) is 0 Å². The lowest BCUT2D eigenvalue weighted by Gasteiger charge is -2.12. The molecule has 2 aliphatic rings. The van der Waals surface area contributed by atoms with Crippen molar-refractivity contribution in [1.29, 1.82) is 0 Å². The number of hydrogen-bond donors (Lipinski definition) is 1. The Morgan fingerprint density at radius 2 is 2.28 bits per heavy atom. The standard InChI is InChI=1S/C20H27N3O2/c1-14-9-15-10-18(24-2)16(11-19(15)25-14)12-21-7-6-17-13-23-8-4-3-5-20(23)22-17/h10-11,13-14,21H,3-9,12H2,1-2H3/t14-/m1/s1. The maximum atomic E-state index is 5.87. The second-order valence-electron chi connectivity index (χ2n) is 7.13. The summed E-state index contributed by atoms with van der Waals surface area (Å²) in [4.78, 5) is 4.76. The van der Waals surface area contributed by atoms with E-state index in [1.165, 1.54) is 29.9 Å². The molecule has 0 spiro atoms. The van der Waals surface area contributed by atoms with Crippen LogP contribution >= 0.6 is 0 Å². The monoisotopic (exact) mass is 341 g/mol. The van der Waals surface area contributed by atoms with Gasteiger partial charge in [0.2, 0.25) is 0 Å². The Hall–Kier alpha value is -2.01. The number of hydrogen-bond acceptors (Lipinski definition) is 4. The van der Waals surface area contributed by atoms with Crippen molar-refractivity contribution >= 4 is 0 Å². The van der Waals surface area contributed by atoms with Gasteiger partial charge in [0.25, 0.3) is 0 Å². The van der Waals surface area contributed by atoms with E-state index in [1.54, 1.807) is 7.11 Å². The maximum Gasteiger partial charge on any atom is 0.123 e. The van der Waals surface area contributed by atoms with Gasteiger partial charge in [0.15, 0.2) is 0 Å². The molecule has 1 N–H and O–H groups in total. The molecule has 25 heavy (non-hydrogen) atoms. The Kier molecular flexibility index (Phi) is 4.66. The average Bonchev–Trinajstić information content (AvgIpc) is 3.19. The highest BCUT2D eigenvalue weighted by atomic mass is 16.5. The van der Waals surface area contributed by atoms with Crippen LogP contribution in [0.4, 0.5) is 0 Å². The Morgan fingerprint density at radius 1 is 1.36 bits per heavy atom. The molecule has 3 heterocycles. The summed E-state index contributed by atoms with van der Waals surface area (Å²) in [6.45, 7) is 4.92. The smallest absolute Gasteiger partial charge is 0.123 e. The van der Waals surface area contributed by atoms with E-state index in [0.717, 1.165) is 56.0 Å². The lowest BCUT2D eigenvalue weighted by molar-refractivity contribution is 0.254. The first-order chi connectivity index (χ1) is 12.2. The molecule has 2 aliphatic heterocycles. The zero-order valence-electron chi connectivity index (χ0n) is 15.2. The molecule has 0 aliphatic carbocycles. The summed E-state index contributed by atoms with van der Waals surface area (Å²) < 4.78 is 13.8. The largest absolute Gasteiger partial charge is 0.496 e. The lowest BCUT2D eigenvalue weighted by atomic mass is 10.1. The highest BCUT2D eigenvalue weighted by Gasteiger charge is 2.21. The molecule has 5 heteroatoms. The fourth-order valence-electron chi connectivity index (χ4n) is 3.84. The predicted molar refractivity (Wildman–Crippen MR) is 97.4 cm³/mol. The molecule has 0 fully saturated rings. The fourth-order valence-corrected chi connectivity index (χ4v) is 3.84. The van der Waals surface area contributed by atoms with Crippen LogP contribution in [0.25, 0.3) is 0 Å². The van der Waals surface area contributed by atoms with Crippen molar-refractivity contribution < 1.29 is 9.47 Å². The zero-order valence-corrected chi connectivity index (χ0v) is 15.2. The second-order valence-corrected chi connectivity index (χ2v) is 7.13. The summed E-state index contributed by atoms with van der Waals surface area (Å²) in [6, 6.07) is 4.25. The summed E-state index contributed by atoms with van der Waals surface area (Å²) in [7, 11) is 1.74. The summed E-state index contributed by atoms with van der Waals surface area (Å²) in [5.74, 6) is 3.21. The molecule has 1 atom stereocenters. The van der Waals surface area contributed by atoms with Crippen molar-refractivity contribution in [3.05, 3.63) is 41.0 Å². The third-order valence-electron chi connectivity index (χ3n) is 5.13. The van der Waals surface area contributed by atoms with Crippen LogP contribution in [0.15, 0.2) is 18.3 Å². The number of fused-ring (bicyclic) bond motifs is 2. The molecule has 134 valence electrons. The van der Waals surface area contributed by atoms with Crippen LogP contribution in [0.5, 0.6) is 11.5 Å². The number of benzene rings is 1. The van der Waals surface area contributed by atoms with Crippen molar-refractivity contribution in [2.24, 2.45) is 0 Å². The highest BCUT2D eigenvalue weighted by Crippen LogP contribution is 2.34. The number of ether oxygens (including phenoxy) is 2. The van der Waals surface area contributed by atoms with E-state index in [-0.39, 0.29) is 6.10 Å². The first-order valence-corrected chi connectivity index (χ1v) is 9.35. The predicted octanol–water partition coefficient (Wildman–Crippen LogP) is 2.88. The molecule has 4 rings (SSSR count). The van der Waals surface area contributed by atoms with Crippen LogP contribution in [0.1, 0.15) is 42.4 Å². The number of imidazole rings is 1. The Labute approximate surface area is 149 Å². The number of aryl methyl sites for hydroxylation is 2. The number of nitrogens with one attached hydrogen (secondary N) is 1. The molecule has 1 aromatic carbocycles. The van der Waals surface area contributed by atoms with Gasteiger partial charge < -0.3 is 19.4 Å². The van der Waals surface area contributed by atoms with Gasteiger partial charge in [0.05, 0.1) is 12.8 Å². The van der Waals surface area contributed by atoms with E-state index >= 15 is 0 Å². The van der Waals surface area contributed by atoms with Crippen LogP contribution in [0.3, 0.4) is 0 Å². The van der Waals surface area contributed by atoms with Crippen molar-refractivity contribution in [1.82, 2.24) is 14.9 Å². The van der Waals surface area contributed by atoms with Crippen molar-refractivity contribution in [3.8, 4) is 11.5 Å². The quantitative estimate of drug-likeness (QED) is 0.821. The topological polar surface area (TPSA) is 48.3 Å². The maximum absolute atomic E-state index is 5.87. The second kappa shape index (κ2) is 7.08. The van der Waals surface area contributed by atoms with Crippen molar-refractivity contribution in [2.45, 2.75) is 58.2 Å². The molecule has 0 saturated carbocycles. The van der Waals surface area contributed by atoms with Gasteiger partial charge in [-0.2, -0.15) is 0 Å². The molecular weight excluding hydrogens is 314 g/mol. The Balaban J connectivity index is 1.34. The van der Waals surface area contributed by atoms with Gasteiger partial charge in [0, 0.05) is 56.2 Å². The number of nitrogens with zero attached hydrogens (tertiary/aromatic N) is 2. The third-order valence-corrected chi connectivity index (χ3v) is 5.13. The number of rotatable bonds is 6. The van der Waals surface area contributed by atoms with Gasteiger partial charge in [-0.05, 0) is 31.9 Å². The summed E-state index contributed by atoms with van der Waals surface area (Å²) in [5, 5.41) is 3.52. The van der Waals surface area contributed by atoms with Crippen molar-refractivity contribution in [3.63, 3.8) is 0 Å². The van der Waals surface area contributed by atoms with Crippen LogP contribution in [-0.4, -0.2) is 29.3 Å². The van der Waals surface area contributed by atoms with Crippen molar-refractivity contribution in [2.75, 3.05) is 13.7 Å². The Bertz CT molecular complexity index is 730. The minimum Gasteiger partial charge on any atom is -0.496 e. The Morgan fingerprint density at radius 3 is 3.12 bits per heavy atom. The van der Waals surface area contributed by atoms with Gasteiger partial charge in [0.1, 0.15) is 23.4 Å². The average molecular weight is 341 g/mol. The lowest BCUT2D eigenvalue weighted by Crippen LogP contribution is -2.17. The third kappa shape index (κ3) is 3.52. The van der Waals surface area contributed by atoms with Gasteiger partial charge in [-0.25, -0.2) is 4.98 Å². The van der Waals surface area contributed by atoms with Crippen LogP contribution in [0, 0.1) is 0 Å². The SMILES string of the molecule is COc1cc2c(cc1CNCCc1cn3c(n1)CCCC3)O[C@H](C)C2. The highest BCUT2D eigenvalue weighted by molar-refractivity contribution is 5.48. The van der Waals surface area contributed by atoms with E-state index in [9.17, 15) is 0 Å². The van der Waals surface area contributed by atoms with Crippen LogP contribution in [0.2, 0.25) is 0 Å². The first kappa shape index (κ1) is 16.5. The van der Waals surface area contributed by atoms with E-state index < -0.39 is 0 Å². The minimum absolute atomic E-state index is 0.259. The molecule has 0 radical (unpaired) electrons. The molecule has 5 nitrogen and oxygen atoms in total. The molecule has 0 amide bonds. The van der Waals surface area contributed by atoms with E-state index in [0.29, 0.717) is 0 Å². The van der Waals surface area contributed by atoms with Crippen LogP contribution < -0.4 is 14.8 Å². The van der Waals surface area contributed by atoms with Gasteiger partial charge in [-0.3, -0.25) is 0 Å². The summed E-state index contributed by atoms with van der Waals surface area (Å²) >= 11 is 0. The van der Waals surface area contributed by atoms with Gasteiger partial charge in [-0.1, -0.05) is 0 Å². The minimum atomic E-state index is 0.259. The van der Waals surface area contributed by atoms with Gasteiger partial charge in [-0.15, -0.1) is 0 Å². The molecular formula is C20H27N3O2. The van der Waals surface area contributed by atoms with Gasteiger partial charge >= 0.3 is 0 Å². The zero-order chi connectivity index (χ0) is 17.2. The number of methoxy groups -OCH3 is 1.